The van der Waals surface area contributed by atoms with Crippen LogP contribution < -0.4 is 0 Å². The Morgan fingerprint density at radius 3 is 2.73 bits per heavy atom. The van der Waals surface area contributed by atoms with Crippen molar-refractivity contribution in [2.24, 2.45) is 5.92 Å². The summed E-state index contributed by atoms with van der Waals surface area (Å²) in [6, 6.07) is 10.8. The Kier molecular flexibility index (Phi) is 3.42. The first-order valence-corrected chi connectivity index (χ1v) is 5.99. The van der Waals surface area contributed by atoms with E-state index in [4.69, 9.17) is 4.74 Å². The van der Waals surface area contributed by atoms with E-state index in [1.807, 2.05) is 0 Å². The predicted octanol–water partition coefficient (Wildman–Crippen LogP) is 3.61. The third-order valence-electron chi connectivity index (χ3n) is 3.26. The summed E-state index contributed by atoms with van der Waals surface area (Å²) in [6.07, 6.45) is 2.84. The van der Waals surface area contributed by atoms with E-state index < -0.39 is 0 Å². The van der Waals surface area contributed by atoms with Crippen LogP contribution in [0.5, 0.6) is 0 Å². The molecule has 1 saturated carbocycles. The molecule has 1 aliphatic carbocycles. The largest absolute Gasteiger partial charge is 0.378 e. The number of benzene rings is 1. The average Bonchev–Trinajstić information content (AvgIpc) is 3.07. The molecule has 1 aromatic rings. The van der Waals surface area contributed by atoms with Crippen LogP contribution in [-0.2, 0) is 4.74 Å². The average molecular weight is 204 g/mol. The minimum atomic E-state index is 0.426. The summed E-state index contributed by atoms with van der Waals surface area (Å²) in [5.74, 6) is 1.50. The molecule has 0 aromatic heterocycles. The van der Waals surface area contributed by atoms with E-state index in [2.05, 4.69) is 44.2 Å². The van der Waals surface area contributed by atoms with Gasteiger partial charge in [0, 0.05) is 6.61 Å². The van der Waals surface area contributed by atoms with Gasteiger partial charge in [-0.15, -0.1) is 0 Å². The summed E-state index contributed by atoms with van der Waals surface area (Å²) < 4.78 is 5.77. The Morgan fingerprint density at radius 1 is 1.33 bits per heavy atom. The standard InChI is InChI=1S/C14H20O/c1-3-9-15-11(2)13-10-14(13)12-7-5-4-6-8-12/h4-8,11,13-14H,3,9-10H2,1-2H3/t11-,13-,14+/m1/s1. The zero-order valence-electron chi connectivity index (χ0n) is 9.65. The minimum Gasteiger partial charge on any atom is -0.378 e. The van der Waals surface area contributed by atoms with Gasteiger partial charge in [-0.2, -0.15) is 0 Å². The second-order valence-corrected chi connectivity index (χ2v) is 4.49. The summed E-state index contributed by atoms with van der Waals surface area (Å²) in [7, 11) is 0. The van der Waals surface area contributed by atoms with Crippen molar-refractivity contribution in [2.75, 3.05) is 6.61 Å². The molecule has 82 valence electrons. The van der Waals surface area contributed by atoms with Crippen molar-refractivity contribution in [3.05, 3.63) is 35.9 Å². The van der Waals surface area contributed by atoms with Crippen LogP contribution >= 0.6 is 0 Å². The van der Waals surface area contributed by atoms with Gasteiger partial charge in [0.2, 0.25) is 0 Å². The molecule has 0 amide bonds. The molecular weight excluding hydrogens is 184 g/mol. The van der Waals surface area contributed by atoms with Gasteiger partial charge in [0.15, 0.2) is 0 Å². The lowest BCUT2D eigenvalue weighted by molar-refractivity contribution is 0.0503. The topological polar surface area (TPSA) is 9.23 Å². The molecule has 15 heavy (non-hydrogen) atoms. The van der Waals surface area contributed by atoms with Gasteiger partial charge in [0.1, 0.15) is 0 Å². The van der Waals surface area contributed by atoms with Gasteiger partial charge < -0.3 is 4.74 Å². The highest BCUT2D eigenvalue weighted by molar-refractivity contribution is 5.26. The Labute approximate surface area is 92.5 Å². The first-order valence-electron chi connectivity index (χ1n) is 5.99. The molecule has 0 heterocycles. The number of rotatable bonds is 5. The van der Waals surface area contributed by atoms with Crippen LogP contribution in [0.4, 0.5) is 0 Å². The van der Waals surface area contributed by atoms with Crippen LogP contribution in [-0.4, -0.2) is 12.7 Å². The van der Waals surface area contributed by atoms with Gasteiger partial charge in [0.05, 0.1) is 6.10 Å². The van der Waals surface area contributed by atoms with E-state index in [1.165, 1.54) is 12.0 Å². The van der Waals surface area contributed by atoms with E-state index >= 15 is 0 Å². The molecule has 0 N–H and O–H groups in total. The zero-order chi connectivity index (χ0) is 10.7. The third kappa shape index (κ3) is 2.60. The molecule has 0 aliphatic heterocycles. The van der Waals surface area contributed by atoms with E-state index in [1.54, 1.807) is 0 Å². The number of hydrogen-bond donors (Lipinski definition) is 0. The van der Waals surface area contributed by atoms with E-state index in [9.17, 15) is 0 Å². The molecule has 0 unspecified atom stereocenters. The van der Waals surface area contributed by atoms with Crippen molar-refractivity contribution in [1.29, 1.82) is 0 Å². The summed E-state index contributed by atoms with van der Waals surface area (Å²) in [5, 5.41) is 0. The van der Waals surface area contributed by atoms with Crippen LogP contribution in [0, 0.1) is 5.92 Å². The van der Waals surface area contributed by atoms with Crippen LogP contribution in [0.15, 0.2) is 30.3 Å². The lowest BCUT2D eigenvalue weighted by atomic mass is 10.1. The van der Waals surface area contributed by atoms with Crippen LogP contribution in [0.2, 0.25) is 0 Å². The van der Waals surface area contributed by atoms with Gasteiger partial charge in [0.25, 0.3) is 0 Å². The summed E-state index contributed by atoms with van der Waals surface area (Å²) in [5.41, 5.74) is 1.48. The second-order valence-electron chi connectivity index (χ2n) is 4.49. The van der Waals surface area contributed by atoms with Gasteiger partial charge in [-0.05, 0) is 37.2 Å². The highest BCUT2D eigenvalue weighted by atomic mass is 16.5. The molecule has 1 aromatic carbocycles. The Hall–Kier alpha value is -0.820. The molecule has 0 saturated heterocycles. The van der Waals surface area contributed by atoms with Crippen molar-refractivity contribution in [3.8, 4) is 0 Å². The smallest absolute Gasteiger partial charge is 0.0581 e. The molecule has 3 atom stereocenters. The Morgan fingerprint density at radius 2 is 2.07 bits per heavy atom. The van der Waals surface area contributed by atoms with Crippen LogP contribution in [0.1, 0.15) is 38.2 Å². The maximum Gasteiger partial charge on any atom is 0.0581 e. The summed E-state index contributed by atoms with van der Waals surface area (Å²) in [4.78, 5) is 0. The monoisotopic (exact) mass is 204 g/mol. The molecule has 0 spiro atoms. The lowest BCUT2D eigenvalue weighted by Crippen LogP contribution is -2.12. The summed E-state index contributed by atoms with van der Waals surface area (Å²) in [6.45, 7) is 5.27. The molecule has 1 nitrogen and oxygen atoms in total. The van der Waals surface area contributed by atoms with Crippen LogP contribution in [0.25, 0.3) is 0 Å². The molecule has 1 aliphatic rings. The van der Waals surface area contributed by atoms with Gasteiger partial charge in [-0.3, -0.25) is 0 Å². The quantitative estimate of drug-likeness (QED) is 0.712. The van der Waals surface area contributed by atoms with Gasteiger partial charge in [-0.25, -0.2) is 0 Å². The highest BCUT2D eigenvalue weighted by Gasteiger charge is 2.42. The Bertz CT molecular complexity index is 293. The van der Waals surface area contributed by atoms with Crippen molar-refractivity contribution < 1.29 is 4.74 Å². The Balaban J connectivity index is 1.85. The van der Waals surface area contributed by atoms with Gasteiger partial charge in [-0.1, -0.05) is 37.3 Å². The molecule has 1 heteroatoms. The molecular formula is C14H20O. The minimum absolute atomic E-state index is 0.426. The van der Waals surface area contributed by atoms with Gasteiger partial charge >= 0.3 is 0 Å². The second kappa shape index (κ2) is 4.80. The third-order valence-corrected chi connectivity index (χ3v) is 3.26. The van der Waals surface area contributed by atoms with E-state index in [0.717, 1.165) is 24.9 Å². The van der Waals surface area contributed by atoms with Crippen molar-refractivity contribution >= 4 is 0 Å². The predicted molar refractivity (Wildman–Crippen MR) is 63.0 cm³/mol. The SMILES string of the molecule is CCCO[C@H](C)[C@H]1C[C@H]1c1ccccc1. The first-order chi connectivity index (χ1) is 7.33. The molecule has 0 bridgehead atoms. The molecule has 2 rings (SSSR count). The van der Waals surface area contributed by atoms with E-state index in [0.29, 0.717) is 6.10 Å². The lowest BCUT2D eigenvalue weighted by Gasteiger charge is -2.11. The van der Waals surface area contributed by atoms with E-state index in [-0.39, 0.29) is 0 Å². The highest BCUT2D eigenvalue weighted by Crippen LogP contribution is 2.50. The molecule has 0 radical (unpaired) electrons. The fourth-order valence-electron chi connectivity index (χ4n) is 2.24. The fourth-order valence-corrected chi connectivity index (χ4v) is 2.24. The van der Waals surface area contributed by atoms with Crippen molar-refractivity contribution in [3.63, 3.8) is 0 Å². The zero-order valence-corrected chi connectivity index (χ0v) is 9.65. The fraction of sp³-hybridized carbons (Fsp3) is 0.571. The normalized spacial score (nSPS) is 26.3. The van der Waals surface area contributed by atoms with Crippen molar-refractivity contribution in [1.82, 2.24) is 0 Å². The maximum absolute atomic E-state index is 5.77. The van der Waals surface area contributed by atoms with Crippen LogP contribution in [0.3, 0.4) is 0 Å². The maximum atomic E-state index is 5.77. The molecule has 1 fully saturated rings. The number of ether oxygens (including phenoxy) is 1. The van der Waals surface area contributed by atoms with Crippen molar-refractivity contribution in [2.45, 2.75) is 38.7 Å². The first kappa shape index (κ1) is 10.7. The summed E-state index contributed by atoms with van der Waals surface area (Å²) >= 11 is 0. The number of hydrogen-bond acceptors (Lipinski definition) is 1.